The van der Waals surface area contributed by atoms with Gasteiger partial charge in [-0.3, -0.25) is 4.99 Å². The second-order valence-electron chi connectivity index (χ2n) is 5.77. The molecule has 118 valence electrons. The van der Waals surface area contributed by atoms with Gasteiger partial charge in [0.25, 0.3) is 0 Å². The van der Waals surface area contributed by atoms with Crippen LogP contribution in [0.2, 0.25) is 0 Å². The van der Waals surface area contributed by atoms with Gasteiger partial charge in [0.1, 0.15) is 0 Å². The summed E-state index contributed by atoms with van der Waals surface area (Å²) in [6.45, 7) is 6.20. The highest BCUT2D eigenvalue weighted by Gasteiger charge is 2.04. The smallest absolute Gasteiger partial charge is 0.0392 e. The van der Waals surface area contributed by atoms with E-state index in [1.165, 1.54) is 27.8 Å². The molecule has 0 saturated carbocycles. The number of aryl methyl sites for hydroxylation is 1. The van der Waals surface area contributed by atoms with Gasteiger partial charge in [-0.15, -0.1) is 0 Å². The molecule has 0 aliphatic heterocycles. The van der Waals surface area contributed by atoms with Crippen LogP contribution >= 0.6 is 0 Å². The van der Waals surface area contributed by atoms with Crippen LogP contribution in [0.15, 0.2) is 71.8 Å². The average Bonchev–Trinajstić information content (AvgIpc) is 2.58. The van der Waals surface area contributed by atoms with Crippen LogP contribution in [0.4, 0.5) is 0 Å². The summed E-state index contributed by atoms with van der Waals surface area (Å²) in [5.74, 6) is 0. The third-order valence-corrected chi connectivity index (χ3v) is 3.97. The Labute approximate surface area is 140 Å². The Morgan fingerprint density at radius 3 is 2.04 bits per heavy atom. The Bertz CT molecular complexity index is 714. The topological polar surface area (TPSA) is 12.4 Å². The monoisotopic (exact) mass is 303 g/mol. The maximum absolute atomic E-state index is 4.33. The summed E-state index contributed by atoms with van der Waals surface area (Å²) < 4.78 is 0. The van der Waals surface area contributed by atoms with Crippen LogP contribution in [-0.4, -0.2) is 12.8 Å². The number of aliphatic imine (C=N–C) groups is 1. The molecule has 0 bridgehead atoms. The minimum atomic E-state index is 0.968. The minimum absolute atomic E-state index is 0.968. The molecular weight excluding hydrogens is 278 g/mol. The van der Waals surface area contributed by atoms with Gasteiger partial charge in [-0.05, 0) is 43.9 Å². The summed E-state index contributed by atoms with van der Waals surface area (Å²) in [6.07, 6.45) is 7.19. The van der Waals surface area contributed by atoms with Gasteiger partial charge in [0.2, 0.25) is 0 Å². The number of allylic oxidation sites excluding steroid dienone is 4. The van der Waals surface area contributed by atoms with Crippen molar-refractivity contribution in [2.45, 2.75) is 27.2 Å². The number of benzene rings is 2. The second kappa shape index (κ2) is 8.28. The fourth-order valence-electron chi connectivity index (χ4n) is 2.48. The molecular formula is C22H25N. The molecule has 0 unspecified atom stereocenters. The second-order valence-corrected chi connectivity index (χ2v) is 5.77. The van der Waals surface area contributed by atoms with E-state index < -0.39 is 0 Å². The Kier molecular flexibility index (Phi) is 6.10. The van der Waals surface area contributed by atoms with Crippen LogP contribution < -0.4 is 0 Å². The summed E-state index contributed by atoms with van der Waals surface area (Å²) in [5, 5.41) is 0. The van der Waals surface area contributed by atoms with Crippen LogP contribution in [0.1, 0.15) is 36.1 Å². The number of nitrogens with zero attached hydrogens (tertiary/aromatic N) is 1. The first-order chi connectivity index (χ1) is 11.1. The highest BCUT2D eigenvalue weighted by molar-refractivity contribution is 6.22. The normalized spacial score (nSPS) is 12.9. The fraction of sp³-hybridized carbons (Fsp3) is 0.227. The molecule has 2 aromatic rings. The van der Waals surface area contributed by atoms with E-state index in [1.54, 1.807) is 0 Å². The van der Waals surface area contributed by atoms with Crippen molar-refractivity contribution in [3.63, 3.8) is 0 Å². The highest BCUT2D eigenvalue weighted by Crippen LogP contribution is 2.19. The lowest BCUT2D eigenvalue weighted by Crippen LogP contribution is -1.97. The van der Waals surface area contributed by atoms with Crippen LogP contribution in [0.3, 0.4) is 0 Å². The zero-order valence-corrected chi connectivity index (χ0v) is 14.5. The molecule has 0 aliphatic carbocycles. The van der Waals surface area contributed by atoms with Crippen LogP contribution in [-0.2, 0) is 6.42 Å². The standard InChI is InChI=1S/C22H25N/c1-5-6-7-22(18(3)23-4)21-14-12-20(13-15-21)16-19-10-8-17(2)9-11-19/h5-15H,16H2,1-4H3/b6-5-,22-7+,23-18?. The van der Waals surface area contributed by atoms with Crippen molar-refractivity contribution in [1.29, 1.82) is 0 Å². The number of hydrogen-bond donors (Lipinski definition) is 0. The van der Waals surface area contributed by atoms with Gasteiger partial charge >= 0.3 is 0 Å². The van der Waals surface area contributed by atoms with Crippen molar-refractivity contribution in [3.8, 4) is 0 Å². The molecule has 23 heavy (non-hydrogen) atoms. The van der Waals surface area contributed by atoms with Gasteiger partial charge in [-0.2, -0.15) is 0 Å². The van der Waals surface area contributed by atoms with Crippen molar-refractivity contribution in [3.05, 3.63) is 89.0 Å². The average molecular weight is 303 g/mol. The first kappa shape index (κ1) is 17.0. The third kappa shape index (κ3) is 4.79. The zero-order chi connectivity index (χ0) is 16.7. The summed E-state index contributed by atoms with van der Waals surface area (Å²) in [4.78, 5) is 4.33. The third-order valence-electron chi connectivity index (χ3n) is 3.97. The van der Waals surface area contributed by atoms with Gasteiger partial charge in [-0.1, -0.05) is 72.3 Å². The number of rotatable bonds is 5. The van der Waals surface area contributed by atoms with Gasteiger partial charge in [0, 0.05) is 18.3 Å². The predicted molar refractivity (Wildman–Crippen MR) is 102 cm³/mol. The number of hydrogen-bond acceptors (Lipinski definition) is 1. The van der Waals surface area contributed by atoms with Crippen LogP contribution in [0, 0.1) is 6.92 Å². The molecule has 0 aromatic heterocycles. The summed E-state index contributed by atoms with van der Waals surface area (Å²) in [7, 11) is 1.84. The molecule has 1 heteroatoms. The fourth-order valence-corrected chi connectivity index (χ4v) is 2.48. The molecule has 0 fully saturated rings. The Balaban J connectivity index is 2.22. The van der Waals surface area contributed by atoms with E-state index >= 15 is 0 Å². The summed E-state index contributed by atoms with van der Waals surface area (Å²) >= 11 is 0. The van der Waals surface area contributed by atoms with Gasteiger partial charge < -0.3 is 0 Å². The van der Waals surface area contributed by atoms with Crippen molar-refractivity contribution in [1.82, 2.24) is 0 Å². The maximum Gasteiger partial charge on any atom is 0.0392 e. The van der Waals surface area contributed by atoms with Gasteiger partial charge in [0.05, 0.1) is 0 Å². The van der Waals surface area contributed by atoms with Gasteiger partial charge in [-0.25, -0.2) is 0 Å². The van der Waals surface area contributed by atoms with E-state index in [4.69, 9.17) is 0 Å². The Morgan fingerprint density at radius 2 is 1.52 bits per heavy atom. The molecule has 2 rings (SSSR count). The molecule has 0 atom stereocenters. The van der Waals surface area contributed by atoms with Crippen molar-refractivity contribution in [2.75, 3.05) is 7.05 Å². The van der Waals surface area contributed by atoms with E-state index in [9.17, 15) is 0 Å². The van der Waals surface area contributed by atoms with Crippen molar-refractivity contribution >= 4 is 11.3 Å². The minimum Gasteiger partial charge on any atom is -0.293 e. The maximum atomic E-state index is 4.33. The van der Waals surface area contributed by atoms with E-state index in [1.807, 2.05) is 20.0 Å². The molecule has 0 spiro atoms. The highest BCUT2D eigenvalue weighted by atomic mass is 14.7. The zero-order valence-electron chi connectivity index (χ0n) is 14.5. The molecule has 0 N–H and O–H groups in total. The lowest BCUT2D eigenvalue weighted by atomic mass is 9.97. The molecule has 0 saturated heterocycles. The summed E-state index contributed by atoms with van der Waals surface area (Å²) in [6, 6.07) is 17.5. The first-order valence-electron chi connectivity index (χ1n) is 8.05. The molecule has 2 aromatic carbocycles. The lowest BCUT2D eigenvalue weighted by Gasteiger charge is -2.09. The first-order valence-corrected chi connectivity index (χ1v) is 8.05. The predicted octanol–water partition coefficient (Wildman–Crippen LogP) is 5.64. The van der Waals surface area contributed by atoms with E-state index in [0.717, 1.165) is 12.1 Å². The molecule has 0 radical (unpaired) electrons. The Morgan fingerprint density at radius 1 is 0.957 bits per heavy atom. The van der Waals surface area contributed by atoms with E-state index in [-0.39, 0.29) is 0 Å². The van der Waals surface area contributed by atoms with Crippen LogP contribution in [0.25, 0.3) is 5.57 Å². The molecule has 0 aliphatic rings. The van der Waals surface area contributed by atoms with Crippen molar-refractivity contribution < 1.29 is 0 Å². The molecule has 0 heterocycles. The summed E-state index contributed by atoms with van der Waals surface area (Å²) in [5.41, 5.74) is 7.41. The quantitative estimate of drug-likeness (QED) is 0.501. The largest absolute Gasteiger partial charge is 0.293 e. The lowest BCUT2D eigenvalue weighted by molar-refractivity contribution is 1.18. The van der Waals surface area contributed by atoms with Crippen LogP contribution in [0.5, 0.6) is 0 Å². The van der Waals surface area contributed by atoms with E-state index in [2.05, 4.69) is 79.5 Å². The molecule has 1 nitrogen and oxygen atoms in total. The van der Waals surface area contributed by atoms with Gasteiger partial charge in [0.15, 0.2) is 0 Å². The Hall–Kier alpha value is -2.41. The SMILES string of the molecule is C/C=C\C=C(/C(C)=NC)c1ccc(Cc2ccc(C)cc2)cc1. The van der Waals surface area contributed by atoms with Crippen molar-refractivity contribution in [2.24, 2.45) is 4.99 Å². The van der Waals surface area contributed by atoms with E-state index in [0.29, 0.717) is 0 Å². The molecule has 0 amide bonds.